The van der Waals surface area contributed by atoms with Crippen molar-refractivity contribution in [2.45, 2.75) is 30.7 Å². The third-order valence-electron chi connectivity index (χ3n) is 4.90. The molecule has 0 aliphatic carbocycles. The fourth-order valence-electron chi connectivity index (χ4n) is 3.30. The number of nitrogens with zero attached hydrogens (tertiary/aromatic N) is 2. The highest BCUT2D eigenvalue weighted by molar-refractivity contribution is 7.98. The fourth-order valence-corrected chi connectivity index (χ4v) is 4.46. The molecule has 0 amide bonds. The number of H-pyrrole nitrogens is 2. The summed E-state index contributed by atoms with van der Waals surface area (Å²) >= 11 is 7.85. The van der Waals surface area contributed by atoms with E-state index in [-0.39, 0.29) is 11.4 Å². The predicted octanol–water partition coefficient (Wildman–Crippen LogP) is 5.40. The second-order valence-corrected chi connectivity index (χ2v) is 8.31. The van der Waals surface area contributed by atoms with Crippen LogP contribution in [-0.4, -0.2) is 20.2 Å². The molecule has 4 aromatic rings. The third-order valence-corrected chi connectivity index (χ3v) is 6.19. The molecule has 0 spiro atoms. The van der Waals surface area contributed by atoms with Crippen molar-refractivity contribution in [2.75, 3.05) is 0 Å². The van der Waals surface area contributed by atoms with Crippen LogP contribution in [-0.2, 0) is 18.6 Å². The van der Waals surface area contributed by atoms with Gasteiger partial charge in [0, 0.05) is 23.3 Å². The molecule has 5 nitrogen and oxygen atoms in total. The Kier molecular flexibility index (Phi) is 6.53. The SMILES string of the molecule is CCc1c(Cc2ccccc2)nc(SCc2n[nH]c(-c3ccc(F)cc3)c2Cl)[nH]c1=O. The highest BCUT2D eigenvalue weighted by atomic mass is 35.5. The zero-order valence-corrected chi connectivity index (χ0v) is 18.4. The minimum atomic E-state index is -0.313. The maximum Gasteiger partial charge on any atom is 0.254 e. The minimum absolute atomic E-state index is 0.119. The monoisotopic (exact) mass is 454 g/mol. The first-order valence-corrected chi connectivity index (χ1v) is 11.2. The van der Waals surface area contributed by atoms with Gasteiger partial charge in [-0.3, -0.25) is 9.89 Å². The van der Waals surface area contributed by atoms with Crippen molar-refractivity contribution in [3.05, 3.63) is 98.3 Å². The Hall–Kier alpha value is -2.90. The Bertz CT molecular complexity index is 1240. The average Bonchev–Trinajstić information content (AvgIpc) is 3.14. The summed E-state index contributed by atoms with van der Waals surface area (Å²) in [4.78, 5) is 20.2. The van der Waals surface area contributed by atoms with Gasteiger partial charge < -0.3 is 4.98 Å². The molecule has 2 aromatic carbocycles. The van der Waals surface area contributed by atoms with Gasteiger partial charge in [-0.15, -0.1) is 0 Å². The number of halogens is 2. The van der Waals surface area contributed by atoms with Crippen LogP contribution in [0.5, 0.6) is 0 Å². The van der Waals surface area contributed by atoms with Gasteiger partial charge in [-0.2, -0.15) is 5.10 Å². The lowest BCUT2D eigenvalue weighted by Crippen LogP contribution is -2.18. The molecule has 2 N–H and O–H groups in total. The molecular formula is C23H20ClFN4OS. The standard InChI is InChI=1S/C23H20ClFN4OS/c1-2-17-18(12-14-6-4-3-5-7-14)26-23(27-22(17)30)31-13-19-20(24)21(29-28-19)15-8-10-16(25)11-9-15/h3-11H,2,12-13H2,1H3,(H,28,29)(H,26,27,30). The second-order valence-electron chi connectivity index (χ2n) is 6.97. The van der Waals surface area contributed by atoms with E-state index in [0.717, 1.165) is 16.8 Å². The molecule has 0 fully saturated rings. The molecule has 0 aliphatic rings. The topological polar surface area (TPSA) is 74.4 Å². The van der Waals surface area contributed by atoms with Crippen molar-refractivity contribution < 1.29 is 4.39 Å². The average molecular weight is 455 g/mol. The van der Waals surface area contributed by atoms with Crippen LogP contribution in [0.3, 0.4) is 0 Å². The maximum atomic E-state index is 13.2. The lowest BCUT2D eigenvalue weighted by molar-refractivity contribution is 0.628. The van der Waals surface area contributed by atoms with E-state index in [4.69, 9.17) is 16.6 Å². The van der Waals surface area contributed by atoms with Gasteiger partial charge in [0.2, 0.25) is 0 Å². The van der Waals surface area contributed by atoms with Crippen LogP contribution in [0.2, 0.25) is 5.02 Å². The first-order valence-electron chi connectivity index (χ1n) is 9.82. The quantitative estimate of drug-likeness (QED) is 0.289. The van der Waals surface area contributed by atoms with Crippen molar-refractivity contribution >= 4 is 23.4 Å². The summed E-state index contributed by atoms with van der Waals surface area (Å²) in [5.41, 5.74) is 4.48. The van der Waals surface area contributed by atoms with E-state index in [1.807, 2.05) is 37.3 Å². The first-order chi connectivity index (χ1) is 15.0. The predicted molar refractivity (Wildman–Crippen MR) is 122 cm³/mol. The number of hydrogen-bond donors (Lipinski definition) is 2. The van der Waals surface area contributed by atoms with Crippen LogP contribution >= 0.6 is 23.4 Å². The number of benzene rings is 2. The molecule has 31 heavy (non-hydrogen) atoms. The summed E-state index contributed by atoms with van der Waals surface area (Å²) in [5, 5.41) is 8.19. The Morgan fingerprint density at radius 1 is 1.06 bits per heavy atom. The normalized spacial score (nSPS) is 11.1. The summed E-state index contributed by atoms with van der Waals surface area (Å²) in [7, 11) is 0. The molecule has 0 saturated heterocycles. The van der Waals surface area contributed by atoms with Gasteiger partial charge in [0.1, 0.15) is 5.82 Å². The number of aromatic nitrogens is 4. The minimum Gasteiger partial charge on any atom is -0.301 e. The van der Waals surface area contributed by atoms with Gasteiger partial charge in [-0.1, -0.05) is 60.6 Å². The van der Waals surface area contributed by atoms with Gasteiger partial charge in [0.15, 0.2) is 5.16 Å². The Balaban J connectivity index is 1.55. The molecule has 4 rings (SSSR count). The summed E-state index contributed by atoms with van der Waals surface area (Å²) < 4.78 is 13.2. The highest BCUT2D eigenvalue weighted by Crippen LogP contribution is 2.31. The first kappa shape index (κ1) is 21.3. The molecule has 0 bridgehead atoms. The largest absolute Gasteiger partial charge is 0.301 e. The van der Waals surface area contributed by atoms with Crippen molar-refractivity contribution in [2.24, 2.45) is 0 Å². The van der Waals surface area contributed by atoms with Gasteiger partial charge in [-0.05, 0) is 36.2 Å². The Labute approximate surface area is 188 Å². The van der Waals surface area contributed by atoms with E-state index in [1.165, 1.54) is 23.9 Å². The third kappa shape index (κ3) is 4.89. The van der Waals surface area contributed by atoms with E-state index in [0.29, 0.717) is 45.7 Å². The Morgan fingerprint density at radius 3 is 2.52 bits per heavy atom. The van der Waals surface area contributed by atoms with Crippen molar-refractivity contribution in [1.29, 1.82) is 0 Å². The number of hydrogen-bond acceptors (Lipinski definition) is 4. The van der Waals surface area contributed by atoms with Crippen molar-refractivity contribution in [3.8, 4) is 11.3 Å². The molecule has 0 aliphatic heterocycles. The van der Waals surface area contributed by atoms with Crippen LogP contribution < -0.4 is 5.56 Å². The lowest BCUT2D eigenvalue weighted by atomic mass is 10.1. The lowest BCUT2D eigenvalue weighted by Gasteiger charge is -2.09. The highest BCUT2D eigenvalue weighted by Gasteiger charge is 2.15. The number of nitrogens with one attached hydrogen (secondary N) is 2. The van der Waals surface area contributed by atoms with Crippen molar-refractivity contribution in [3.63, 3.8) is 0 Å². The number of rotatable bonds is 7. The van der Waals surface area contributed by atoms with Gasteiger partial charge >= 0.3 is 0 Å². The fraction of sp³-hybridized carbons (Fsp3) is 0.174. The Morgan fingerprint density at radius 2 is 1.81 bits per heavy atom. The number of thioether (sulfide) groups is 1. The van der Waals surface area contributed by atoms with Crippen LogP contribution in [0.1, 0.15) is 29.4 Å². The summed E-state index contributed by atoms with van der Waals surface area (Å²) in [6.45, 7) is 1.95. The molecular weight excluding hydrogens is 435 g/mol. The van der Waals surface area contributed by atoms with Gasteiger partial charge in [0.05, 0.1) is 22.1 Å². The van der Waals surface area contributed by atoms with Crippen LogP contribution in [0.4, 0.5) is 4.39 Å². The summed E-state index contributed by atoms with van der Waals surface area (Å²) in [5.74, 6) is 0.113. The van der Waals surface area contributed by atoms with E-state index in [9.17, 15) is 9.18 Å². The van der Waals surface area contributed by atoms with Crippen LogP contribution in [0.25, 0.3) is 11.3 Å². The zero-order valence-electron chi connectivity index (χ0n) is 16.8. The summed E-state index contributed by atoms with van der Waals surface area (Å²) in [6.07, 6.45) is 1.21. The molecule has 2 heterocycles. The van der Waals surface area contributed by atoms with E-state index < -0.39 is 0 Å². The van der Waals surface area contributed by atoms with Gasteiger partial charge in [0.25, 0.3) is 5.56 Å². The molecule has 0 radical (unpaired) electrons. The molecule has 158 valence electrons. The van der Waals surface area contributed by atoms with E-state index >= 15 is 0 Å². The summed E-state index contributed by atoms with van der Waals surface area (Å²) in [6, 6.07) is 16.0. The molecule has 0 saturated carbocycles. The zero-order chi connectivity index (χ0) is 21.8. The van der Waals surface area contributed by atoms with E-state index in [1.54, 1.807) is 12.1 Å². The van der Waals surface area contributed by atoms with E-state index in [2.05, 4.69) is 15.2 Å². The molecule has 8 heteroatoms. The van der Waals surface area contributed by atoms with Gasteiger partial charge in [-0.25, -0.2) is 9.37 Å². The number of aromatic amines is 2. The maximum absolute atomic E-state index is 13.2. The molecule has 2 aromatic heterocycles. The molecule has 0 unspecified atom stereocenters. The van der Waals surface area contributed by atoms with Crippen LogP contribution in [0, 0.1) is 5.82 Å². The second kappa shape index (κ2) is 9.49. The smallest absolute Gasteiger partial charge is 0.254 e. The van der Waals surface area contributed by atoms with Crippen molar-refractivity contribution in [1.82, 2.24) is 20.2 Å². The molecule has 0 atom stereocenters. The van der Waals surface area contributed by atoms with Crippen LogP contribution in [0.15, 0.2) is 64.5 Å².